The average molecular weight is 411 g/mol. The van der Waals surface area contributed by atoms with Gasteiger partial charge in [-0.05, 0) is 42.8 Å². The first-order valence-corrected chi connectivity index (χ1v) is 8.92. The topological polar surface area (TPSA) is 85.8 Å². The summed E-state index contributed by atoms with van der Waals surface area (Å²) in [5.74, 6) is 0.113. The van der Waals surface area contributed by atoms with E-state index < -0.39 is 17.6 Å². The number of carbonyl (C=O) groups is 1. The Morgan fingerprint density at radius 1 is 1.13 bits per heavy atom. The molecule has 0 atom stereocenters. The van der Waals surface area contributed by atoms with Gasteiger partial charge in [-0.2, -0.15) is 18.2 Å². The van der Waals surface area contributed by atoms with Crippen molar-refractivity contribution in [3.05, 3.63) is 77.6 Å². The van der Waals surface area contributed by atoms with Crippen LogP contribution < -0.4 is 11.1 Å². The number of aromatic nitrogens is 3. The first-order valence-electron chi connectivity index (χ1n) is 8.92. The van der Waals surface area contributed by atoms with Crippen molar-refractivity contribution in [2.24, 2.45) is 5.73 Å². The van der Waals surface area contributed by atoms with E-state index in [0.717, 1.165) is 11.6 Å². The maximum Gasteiger partial charge on any atom is 0.416 e. The van der Waals surface area contributed by atoms with Crippen LogP contribution in [0.3, 0.4) is 0 Å². The van der Waals surface area contributed by atoms with Gasteiger partial charge in [0.2, 0.25) is 5.95 Å². The van der Waals surface area contributed by atoms with Gasteiger partial charge >= 0.3 is 6.18 Å². The van der Waals surface area contributed by atoms with Crippen molar-refractivity contribution in [1.29, 1.82) is 0 Å². The van der Waals surface area contributed by atoms with Gasteiger partial charge in [0, 0.05) is 23.5 Å². The number of carbonyl (C=O) groups excluding carboxylic acids is 1. The molecule has 152 valence electrons. The van der Waals surface area contributed by atoms with Crippen LogP contribution in [-0.2, 0) is 6.18 Å². The van der Waals surface area contributed by atoms with Gasteiger partial charge in [0.15, 0.2) is 0 Å². The lowest BCUT2D eigenvalue weighted by Crippen LogP contribution is -2.10. The van der Waals surface area contributed by atoms with Crippen molar-refractivity contribution in [3.63, 3.8) is 0 Å². The molecule has 0 radical (unpaired) electrons. The Hall–Kier alpha value is -3.88. The van der Waals surface area contributed by atoms with Gasteiger partial charge in [0.25, 0.3) is 5.91 Å². The SMILES string of the molecule is Cc1cc(Nc2nccc(-n3cc(C(N)=O)c4ccccc43)n2)ccc1C(F)(F)F. The van der Waals surface area contributed by atoms with Crippen LogP contribution in [-0.4, -0.2) is 20.4 Å². The highest BCUT2D eigenvalue weighted by Gasteiger charge is 2.32. The van der Waals surface area contributed by atoms with Crippen LogP contribution >= 0.6 is 0 Å². The number of benzene rings is 2. The van der Waals surface area contributed by atoms with E-state index in [1.54, 1.807) is 29.0 Å². The van der Waals surface area contributed by atoms with Gasteiger partial charge in [-0.15, -0.1) is 0 Å². The molecule has 0 saturated carbocycles. The lowest BCUT2D eigenvalue weighted by atomic mass is 10.1. The molecule has 2 aromatic heterocycles. The van der Waals surface area contributed by atoms with E-state index in [1.165, 1.54) is 25.3 Å². The average Bonchev–Trinajstić information content (AvgIpc) is 3.07. The van der Waals surface area contributed by atoms with Crippen LogP contribution in [0, 0.1) is 6.92 Å². The maximum absolute atomic E-state index is 13.0. The Morgan fingerprint density at radius 3 is 2.60 bits per heavy atom. The number of nitrogens with one attached hydrogen (secondary N) is 1. The third-order valence-corrected chi connectivity index (χ3v) is 4.65. The van der Waals surface area contributed by atoms with Crippen LogP contribution in [0.2, 0.25) is 0 Å². The molecule has 30 heavy (non-hydrogen) atoms. The zero-order chi connectivity index (χ0) is 21.5. The van der Waals surface area contributed by atoms with Gasteiger partial charge < -0.3 is 15.6 Å². The number of rotatable bonds is 4. The number of halogens is 3. The minimum Gasteiger partial charge on any atom is -0.366 e. The van der Waals surface area contributed by atoms with Gasteiger partial charge in [0.05, 0.1) is 16.6 Å². The molecule has 2 aromatic carbocycles. The summed E-state index contributed by atoms with van der Waals surface area (Å²) in [6.07, 6.45) is -1.30. The predicted molar refractivity (Wildman–Crippen MR) is 107 cm³/mol. The molecule has 2 heterocycles. The van der Waals surface area contributed by atoms with E-state index >= 15 is 0 Å². The zero-order valence-corrected chi connectivity index (χ0v) is 15.7. The fourth-order valence-corrected chi connectivity index (χ4v) is 3.30. The van der Waals surface area contributed by atoms with E-state index in [1.807, 2.05) is 12.1 Å². The number of aryl methyl sites for hydroxylation is 1. The van der Waals surface area contributed by atoms with Crippen molar-refractivity contribution in [1.82, 2.24) is 14.5 Å². The predicted octanol–water partition coefficient (Wildman–Crippen LogP) is 4.59. The van der Waals surface area contributed by atoms with Crippen LogP contribution in [0.15, 0.2) is 60.9 Å². The minimum atomic E-state index is -4.41. The lowest BCUT2D eigenvalue weighted by Gasteiger charge is -2.12. The normalized spacial score (nSPS) is 11.6. The second-order valence-corrected chi connectivity index (χ2v) is 6.69. The summed E-state index contributed by atoms with van der Waals surface area (Å²) in [6, 6.07) is 12.6. The zero-order valence-electron chi connectivity index (χ0n) is 15.7. The molecular weight excluding hydrogens is 395 g/mol. The summed E-state index contributed by atoms with van der Waals surface area (Å²) in [5.41, 5.74) is 6.40. The number of hydrogen-bond donors (Lipinski definition) is 2. The Bertz CT molecular complexity index is 1260. The summed E-state index contributed by atoms with van der Waals surface area (Å²) in [5, 5.41) is 3.61. The quantitative estimate of drug-likeness (QED) is 0.514. The van der Waals surface area contributed by atoms with Crippen LogP contribution in [0.5, 0.6) is 0 Å². The molecule has 3 N–H and O–H groups in total. The smallest absolute Gasteiger partial charge is 0.366 e. The number of fused-ring (bicyclic) bond motifs is 1. The first-order chi connectivity index (χ1) is 14.2. The first kappa shape index (κ1) is 19.4. The Labute approximate surface area is 169 Å². The molecule has 0 unspecified atom stereocenters. The van der Waals surface area contributed by atoms with Gasteiger partial charge in [-0.1, -0.05) is 18.2 Å². The van der Waals surface area contributed by atoms with E-state index in [2.05, 4.69) is 15.3 Å². The molecule has 9 heteroatoms. The number of hydrogen-bond acceptors (Lipinski definition) is 4. The molecule has 0 fully saturated rings. The summed E-state index contributed by atoms with van der Waals surface area (Å²) in [4.78, 5) is 20.3. The largest absolute Gasteiger partial charge is 0.416 e. The number of anilines is 2. The molecule has 6 nitrogen and oxygen atoms in total. The molecule has 0 saturated heterocycles. The van der Waals surface area contributed by atoms with Crippen LogP contribution in [0.4, 0.5) is 24.8 Å². The highest BCUT2D eigenvalue weighted by Crippen LogP contribution is 2.33. The number of amides is 1. The fraction of sp³-hybridized carbons (Fsp3) is 0.0952. The molecule has 0 aliphatic rings. The molecule has 0 spiro atoms. The summed E-state index contributed by atoms with van der Waals surface area (Å²) in [7, 11) is 0. The minimum absolute atomic E-state index is 0.0890. The van der Waals surface area contributed by atoms with E-state index in [4.69, 9.17) is 5.73 Å². The van der Waals surface area contributed by atoms with Crippen molar-refractivity contribution in [3.8, 4) is 5.82 Å². The Kier molecular flexibility index (Phi) is 4.65. The van der Waals surface area contributed by atoms with Gasteiger partial charge in [0.1, 0.15) is 5.82 Å². The number of para-hydroxylation sites is 1. The molecule has 4 aromatic rings. The molecule has 0 aliphatic heterocycles. The van der Waals surface area contributed by atoms with Crippen molar-refractivity contribution >= 4 is 28.4 Å². The third-order valence-electron chi connectivity index (χ3n) is 4.65. The van der Waals surface area contributed by atoms with Gasteiger partial charge in [-0.3, -0.25) is 4.79 Å². The lowest BCUT2D eigenvalue weighted by molar-refractivity contribution is -0.138. The molecular formula is C21H16F3N5O. The van der Waals surface area contributed by atoms with Crippen LogP contribution in [0.25, 0.3) is 16.7 Å². The molecule has 4 rings (SSSR count). The number of alkyl halides is 3. The standard InChI is InChI=1S/C21H16F3N5O/c1-12-10-13(6-7-16(12)21(22,23)24)27-20-26-9-8-18(28-20)29-11-15(19(25)30)14-4-2-3-5-17(14)29/h2-11H,1H3,(H2,25,30)(H,26,27,28). The molecule has 0 aliphatic carbocycles. The second kappa shape index (κ2) is 7.18. The van der Waals surface area contributed by atoms with Crippen molar-refractivity contribution in [2.45, 2.75) is 13.1 Å². The maximum atomic E-state index is 13.0. The number of primary amides is 1. The number of nitrogens with two attached hydrogens (primary N) is 1. The Balaban J connectivity index is 1.70. The monoisotopic (exact) mass is 411 g/mol. The second-order valence-electron chi connectivity index (χ2n) is 6.69. The number of nitrogens with zero attached hydrogens (tertiary/aromatic N) is 3. The molecule has 1 amide bonds. The Morgan fingerprint density at radius 2 is 1.90 bits per heavy atom. The summed E-state index contributed by atoms with van der Waals surface area (Å²) >= 11 is 0. The third kappa shape index (κ3) is 3.57. The summed E-state index contributed by atoms with van der Waals surface area (Å²) in [6.45, 7) is 1.39. The van der Waals surface area contributed by atoms with E-state index in [0.29, 0.717) is 22.5 Å². The van der Waals surface area contributed by atoms with Gasteiger partial charge in [-0.25, -0.2) is 4.98 Å². The van der Waals surface area contributed by atoms with Crippen LogP contribution in [0.1, 0.15) is 21.5 Å². The highest BCUT2D eigenvalue weighted by atomic mass is 19.4. The van der Waals surface area contributed by atoms with Crippen molar-refractivity contribution in [2.75, 3.05) is 5.32 Å². The molecule has 0 bridgehead atoms. The highest BCUT2D eigenvalue weighted by molar-refractivity contribution is 6.06. The van der Waals surface area contributed by atoms with E-state index in [-0.39, 0.29) is 11.5 Å². The fourth-order valence-electron chi connectivity index (χ4n) is 3.30. The van der Waals surface area contributed by atoms with E-state index in [9.17, 15) is 18.0 Å². The van der Waals surface area contributed by atoms with Crippen molar-refractivity contribution < 1.29 is 18.0 Å². The summed E-state index contributed by atoms with van der Waals surface area (Å²) < 4.78 is 40.6.